The Bertz CT molecular complexity index is 967. The van der Waals surface area contributed by atoms with Gasteiger partial charge in [-0.05, 0) is 49.0 Å². The van der Waals surface area contributed by atoms with E-state index in [4.69, 9.17) is 4.74 Å². The lowest BCUT2D eigenvalue weighted by atomic mass is 9.70. The summed E-state index contributed by atoms with van der Waals surface area (Å²) in [5.41, 5.74) is 4.02. The molecule has 1 N–H and O–H groups in total. The molecule has 3 heterocycles. The van der Waals surface area contributed by atoms with E-state index in [0.717, 1.165) is 18.2 Å². The fourth-order valence-electron chi connectivity index (χ4n) is 5.76. The minimum absolute atomic E-state index is 0.272. The molecule has 3 aliphatic heterocycles. The van der Waals surface area contributed by atoms with Gasteiger partial charge in [0.15, 0.2) is 0 Å². The molecular formula is C28H32N2O. The van der Waals surface area contributed by atoms with Gasteiger partial charge in [0.1, 0.15) is 5.75 Å². The number of fused-ring (bicyclic) bond motifs is 3. The highest BCUT2D eigenvalue weighted by Gasteiger charge is 2.46. The number of rotatable bonds is 7. The predicted octanol–water partition coefficient (Wildman–Crippen LogP) is 5.08. The highest BCUT2D eigenvalue weighted by atomic mass is 16.5. The largest absolute Gasteiger partial charge is 0.496 e. The highest BCUT2D eigenvalue weighted by molar-refractivity contribution is 5.44. The van der Waals surface area contributed by atoms with Crippen molar-refractivity contribution in [3.63, 3.8) is 0 Å². The van der Waals surface area contributed by atoms with Crippen LogP contribution in [0, 0.1) is 5.92 Å². The molecule has 0 saturated carbocycles. The van der Waals surface area contributed by atoms with Gasteiger partial charge in [0.2, 0.25) is 0 Å². The maximum Gasteiger partial charge on any atom is 0.122 e. The first-order valence-corrected chi connectivity index (χ1v) is 11.5. The van der Waals surface area contributed by atoms with Crippen molar-refractivity contribution in [3.8, 4) is 5.75 Å². The summed E-state index contributed by atoms with van der Waals surface area (Å²) >= 11 is 0. The monoisotopic (exact) mass is 412 g/mol. The summed E-state index contributed by atoms with van der Waals surface area (Å²) < 4.78 is 5.84. The van der Waals surface area contributed by atoms with E-state index in [2.05, 4.69) is 95.1 Å². The van der Waals surface area contributed by atoms with Crippen LogP contribution in [0.4, 0.5) is 0 Å². The summed E-state index contributed by atoms with van der Waals surface area (Å²) in [6.45, 7) is 3.30. The third-order valence-corrected chi connectivity index (χ3v) is 7.23. The number of nitrogens with one attached hydrogen (secondary N) is 1. The molecule has 160 valence electrons. The molecule has 3 aliphatic rings. The average molecular weight is 413 g/mol. The fraction of sp³-hybridized carbons (Fsp3) is 0.357. The van der Waals surface area contributed by atoms with Gasteiger partial charge in [-0.3, -0.25) is 4.90 Å². The second-order valence-corrected chi connectivity index (χ2v) is 8.89. The first-order chi connectivity index (χ1) is 15.3. The second-order valence-electron chi connectivity index (χ2n) is 8.89. The van der Waals surface area contributed by atoms with Crippen LogP contribution in [0.25, 0.3) is 0 Å². The van der Waals surface area contributed by atoms with Crippen molar-refractivity contribution in [1.82, 2.24) is 10.2 Å². The van der Waals surface area contributed by atoms with Gasteiger partial charge in [-0.1, -0.05) is 78.9 Å². The van der Waals surface area contributed by atoms with E-state index < -0.39 is 0 Å². The molecule has 0 spiro atoms. The van der Waals surface area contributed by atoms with Crippen molar-refractivity contribution >= 4 is 0 Å². The van der Waals surface area contributed by atoms with Gasteiger partial charge in [-0.2, -0.15) is 0 Å². The third-order valence-electron chi connectivity index (χ3n) is 7.23. The maximum absolute atomic E-state index is 5.84. The van der Waals surface area contributed by atoms with E-state index >= 15 is 0 Å². The summed E-state index contributed by atoms with van der Waals surface area (Å²) in [6, 6.07) is 31.3. The third kappa shape index (κ3) is 4.13. The first-order valence-electron chi connectivity index (χ1n) is 11.5. The SMILES string of the molecule is COc1ccccc1C(c1ccccc1)[C@H]1[C@H](NCc2ccccc2)C2CCN1CC2. The molecule has 0 aliphatic carbocycles. The fourth-order valence-corrected chi connectivity index (χ4v) is 5.76. The van der Waals surface area contributed by atoms with Crippen LogP contribution in [0.1, 0.15) is 35.4 Å². The van der Waals surface area contributed by atoms with Gasteiger partial charge >= 0.3 is 0 Å². The molecule has 3 atom stereocenters. The lowest BCUT2D eigenvalue weighted by Crippen LogP contribution is -2.64. The summed E-state index contributed by atoms with van der Waals surface area (Å²) in [4.78, 5) is 2.73. The molecule has 3 aromatic carbocycles. The van der Waals surface area contributed by atoms with Crippen LogP contribution in [0.15, 0.2) is 84.9 Å². The topological polar surface area (TPSA) is 24.5 Å². The maximum atomic E-state index is 5.84. The van der Waals surface area contributed by atoms with Gasteiger partial charge in [0, 0.05) is 30.1 Å². The number of nitrogens with zero attached hydrogens (tertiary/aromatic N) is 1. The Kier molecular flexibility index (Phi) is 6.06. The molecule has 2 bridgehead atoms. The van der Waals surface area contributed by atoms with Crippen molar-refractivity contribution in [2.45, 2.75) is 37.4 Å². The first kappa shape index (κ1) is 20.3. The molecule has 0 aromatic heterocycles. The Morgan fingerprint density at radius 3 is 2.23 bits per heavy atom. The highest BCUT2D eigenvalue weighted by Crippen LogP contribution is 2.44. The molecule has 3 saturated heterocycles. The van der Waals surface area contributed by atoms with Crippen LogP contribution < -0.4 is 10.1 Å². The Labute approximate surface area is 186 Å². The van der Waals surface area contributed by atoms with E-state index in [1.807, 2.05) is 0 Å². The van der Waals surface area contributed by atoms with E-state index in [-0.39, 0.29) is 5.92 Å². The average Bonchev–Trinajstić information content (AvgIpc) is 2.85. The molecule has 3 heteroatoms. The zero-order valence-electron chi connectivity index (χ0n) is 18.3. The van der Waals surface area contributed by atoms with E-state index in [9.17, 15) is 0 Å². The minimum Gasteiger partial charge on any atom is -0.496 e. The number of para-hydroxylation sites is 1. The zero-order chi connectivity index (χ0) is 21.0. The van der Waals surface area contributed by atoms with Crippen LogP contribution in [0.2, 0.25) is 0 Å². The van der Waals surface area contributed by atoms with Gasteiger partial charge in [0.05, 0.1) is 7.11 Å². The van der Waals surface area contributed by atoms with E-state index in [0.29, 0.717) is 12.1 Å². The quantitative estimate of drug-likeness (QED) is 0.586. The van der Waals surface area contributed by atoms with Gasteiger partial charge in [-0.15, -0.1) is 0 Å². The van der Waals surface area contributed by atoms with Crippen molar-refractivity contribution in [2.24, 2.45) is 5.92 Å². The molecule has 3 aromatic rings. The number of methoxy groups -OCH3 is 1. The van der Waals surface area contributed by atoms with Gasteiger partial charge in [0.25, 0.3) is 0 Å². The van der Waals surface area contributed by atoms with Crippen LogP contribution in [0.5, 0.6) is 5.75 Å². The number of ether oxygens (including phenoxy) is 1. The lowest BCUT2D eigenvalue weighted by molar-refractivity contribution is 0.00441. The Hall–Kier alpha value is -2.62. The molecular weight excluding hydrogens is 380 g/mol. The van der Waals surface area contributed by atoms with E-state index in [1.165, 1.54) is 42.6 Å². The molecule has 3 nitrogen and oxygen atoms in total. The minimum atomic E-state index is 0.272. The number of hydrogen-bond donors (Lipinski definition) is 1. The standard InChI is InChI=1S/C28H32N2O/c1-31-25-15-9-8-14-24(25)26(22-12-6-3-7-13-22)28-27(23-16-18-30(28)19-17-23)29-20-21-10-4-2-5-11-21/h2-15,23,26-29H,16-20H2,1H3/t26?,27-,28+/m1/s1. The predicted molar refractivity (Wildman–Crippen MR) is 126 cm³/mol. The number of piperidine rings is 3. The molecule has 0 radical (unpaired) electrons. The summed E-state index contributed by atoms with van der Waals surface area (Å²) in [5, 5.41) is 3.99. The normalized spacial score (nSPS) is 25.8. The van der Waals surface area contributed by atoms with Crippen molar-refractivity contribution in [2.75, 3.05) is 20.2 Å². The Morgan fingerprint density at radius 2 is 1.52 bits per heavy atom. The summed E-state index contributed by atoms with van der Waals surface area (Å²) in [7, 11) is 1.79. The molecule has 6 rings (SSSR count). The van der Waals surface area contributed by atoms with Crippen LogP contribution >= 0.6 is 0 Å². The molecule has 3 fully saturated rings. The van der Waals surface area contributed by atoms with Crippen molar-refractivity contribution in [3.05, 3.63) is 102 Å². The van der Waals surface area contributed by atoms with Crippen LogP contribution in [-0.4, -0.2) is 37.2 Å². The molecule has 1 unspecified atom stereocenters. The Balaban J connectivity index is 1.54. The summed E-state index contributed by atoms with van der Waals surface area (Å²) in [5.74, 6) is 1.98. The van der Waals surface area contributed by atoms with Gasteiger partial charge < -0.3 is 10.1 Å². The number of hydrogen-bond acceptors (Lipinski definition) is 3. The molecule has 0 amide bonds. The zero-order valence-corrected chi connectivity index (χ0v) is 18.3. The van der Waals surface area contributed by atoms with Crippen molar-refractivity contribution < 1.29 is 4.74 Å². The van der Waals surface area contributed by atoms with Gasteiger partial charge in [-0.25, -0.2) is 0 Å². The second kappa shape index (κ2) is 9.25. The Morgan fingerprint density at radius 1 is 0.871 bits per heavy atom. The lowest BCUT2D eigenvalue weighted by Gasteiger charge is -2.54. The summed E-state index contributed by atoms with van der Waals surface area (Å²) in [6.07, 6.45) is 2.58. The van der Waals surface area contributed by atoms with Crippen LogP contribution in [0.3, 0.4) is 0 Å². The smallest absolute Gasteiger partial charge is 0.122 e. The van der Waals surface area contributed by atoms with E-state index in [1.54, 1.807) is 7.11 Å². The van der Waals surface area contributed by atoms with Crippen molar-refractivity contribution in [1.29, 1.82) is 0 Å². The number of benzene rings is 3. The van der Waals surface area contributed by atoms with Crippen LogP contribution in [-0.2, 0) is 6.54 Å². The molecule has 31 heavy (non-hydrogen) atoms.